The zero-order valence-corrected chi connectivity index (χ0v) is 6.84. The predicted octanol–water partition coefficient (Wildman–Crippen LogP) is 1.33. The van der Waals surface area contributed by atoms with Crippen LogP contribution < -0.4 is 10.1 Å². The van der Waals surface area contributed by atoms with E-state index in [9.17, 15) is 8.78 Å². The SMILES string of the molecule is Fc1ccc(OC2C[N]C2)cc1F. The van der Waals surface area contributed by atoms with Crippen molar-refractivity contribution in [1.29, 1.82) is 0 Å². The summed E-state index contributed by atoms with van der Waals surface area (Å²) in [5, 5.41) is 3.94. The van der Waals surface area contributed by atoms with Gasteiger partial charge in [0.2, 0.25) is 0 Å². The molecule has 0 aliphatic carbocycles. The number of rotatable bonds is 2. The van der Waals surface area contributed by atoms with Crippen LogP contribution in [-0.4, -0.2) is 19.2 Å². The van der Waals surface area contributed by atoms with Crippen LogP contribution in [-0.2, 0) is 0 Å². The lowest BCUT2D eigenvalue weighted by atomic mass is 10.2. The highest BCUT2D eigenvalue weighted by atomic mass is 19.2. The first-order valence-electron chi connectivity index (χ1n) is 4.00. The fourth-order valence-electron chi connectivity index (χ4n) is 1.05. The minimum atomic E-state index is -0.881. The minimum absolute atomic E-state index is 0.0323. The third-order valence-corrected chi connectivity index (χ3v) is 1.86. The molecular formula is C9H8F2NO. The molecular weight excluding hydrogens is 176 g/mol. The van der Waals surface area contributed by atoms with Crippen LogP contribution >= 0.6 is 0 Å². The van der Waals surface area contributed by atoms with Crippen molar-refractivity contribution in [2.45, 2.75) is 6.10 Å². The molecule has 1 aliphatic rings. The van der Waals surface area contributed by atoms with Crippen LogP contribution in [0.15, 0.2) is 18.2 Å². The minimum Gasteiger partial charge on any atom is -0.488 e. The van der Waals surface area contributed by atoms with Crippen LogP contribution in [0.2, 0.25) is 0 Å². The van der Waals surface area contributed by atoms with Gasteiger partial charge in [0.15, 0.2) is 11.6 Å². The molecule has 2 nitrogen and oxygen atoms in total. The molecule has 0 saturated carbocycles. The highest BCUT2D eigenvalue weighted by molar-refractivity contribution is 5.24. The summed E-state index contributed by atoms with van der Waals surface area (Å²) in [7, 11) is 0. The smallest absolute Gasteiger partial charge is 0.162 e. The van der Waals surface area contributed by atoms with Crippen LogP contribution in [0.25, 0.3) is 0 Å². The van der Waals surface area contributed by atoms with E-state index in [-0.39, 0.29) is 6.10 Å². The van der Waals surface area contributed by atoms with Crippen molar-refractivity contribution in [2.24, 2.45) is 0 Å². The molecule has 69 valence electrons. The second-order valence-electron chi connectivity index (χ2n) is 2.90. The summed E-state index contributed by atoms with van der Waals surface area (Å²) in [5.74, 6) is -1.38. The topological polar surface area (TPSA) is 23.3 Å². The Morgan fingerprint density at radius 1 is 1.23 bits per heavy atom. The molecule has 0 unspecified atom stereocenters. The lowest BCUT2D eigenvalue weighted by molar-refractivity contribution is 0.138. The van der Waals surface area contributed by atoms with Crippen LogP contribution in [0.5, 0.6) is 5.75 Å². The second-order valence-corrected chi connectivity index (χ2v) is 2.90. The Bertz CT molecular complexity index is 312. The van der Waals surface area contributed by atoms with E-state index < -0.39 is 11.6 Å². The lowest BCUT2D eigenvalue weighted by Crippen LogP contribution is -2.45. The molecule has 0 amide bonds. The molecule has 1 saturated heterocycles. The van der Waals surface area contributed by atoms with Gasteiger partial charge in [0.25, 0.3) is 0 Å². The quantitative estimate of drug-likeness (QED) is 0.680. The Hall–Kier alpha value is -1.16. The first-order valence-corrected chi connectivity index (χ1v) is 4.00. The molecule has 0 atom stereocenters. The molecule has 1 heterocycles. The van der Waals surface area contributed by atoms with E-state index in [2.05, 4.69) is 5.32 Å². The molecule has 13 heavy (non-hydrogen) atoms. The Labute approximate surface area is 74.5 Å². The Morgan fingerprint density at radius 2 is 2.00 bits per heavy atom. The first kappa shape index (κ1) is 8.44. The van der Waals surface area contributed by atoms with E-state index in [0.717, 1.165) is 12.1 Å². The van der Waals surface area contributed by atoms with Crippen molar-refractivity contribution in [3.63, 3.8) is 0 Å². The number of nitrogens with zero attached hydrogens (tertiary/aromatic N) is 1. The van der Waals surface area contributed by atoms with Crippen molar-refractivity contribution < 1.29 is 13.5 Å². The molecule has 0 bridgehead atoms. The maximum Gasteiger partial charge on any atom is 0.162 e. The normalized spacial score (nSPS) is 16.8. The van der Waals surface area contributed by atoms with Gasteiger partial charge >= 0.3 is 0 Å². The van der Waals surface area contributed by atoms with E-state index in [1.165, 1.54) is 6.07 Å². The fourth-order valence-corrected chi connectivity index (χ4v) is 1.05. The number of halogens is 2. The summed E-state index contributed by atoms with van der Waals surface area (Å²) < 4.78 is 30.4. The second kappa shape index (κ2) is 3.30. The first-order chi connectivity index (χ1) is 6.25. The summed E-state index contributed by atoms with van der Waals surface area (Å²) in [6.45, 7) is 1.28. The lowest BCUT2D eigenvalue weighted by Gasteiger charge is -2.25. The third kappa shape index (κ3) is 1.78. The van der Waals surface area contributed by atoms with Crippen LogP contribution in [0.4, 0.5) is 8.78 Å². The molecule has 1 aromatic carbocycles. The number of benzene rings is 1. The van der Waals surface area contributed by atoms with Crippen molar-refractivity contribution >= 4 is 0 Å². The maximum absolute atomic E-state index is 12.7. The van der Waals surface area contributed by atoms with Crippen molar-refractivity contribution in [3.05, 3.63) is 29.8 Å². The van der Waals surface area contributed by atoms with Crippen molar-refractivity contribution in [3.8, 4) is 5.75 Å². The van der Waals surface area contributed by atoms with Crippen LogP contribution in [0.3, 0.4) is 0 Å². The molecule has 1 aromatic rings. The number of ether oxygens (including phenoxy) is 1. The molecule has 0 spiro atoms. The zero-order chi connectivity index (χ0) is 9.26. The van der Waals surface area contributed by atoms with E-state index >= 15 is 0 Å². The highest BCUT2D eigenvalue weighted by Gasteiger charge is 2.20. The van der Waals surface area contributed by atoms with Gasteiger partial charge < -0.3 is 4.74 Å². The largest absolute Gasteiger partial charge is 0.488 e. The summed E-state index contributed by atoms with van der Waals surface area (Å²) in [6.07, 6.45) is 0.0323. The Morgan fingerprint density at radius 3 is 2.54 bits per heavy atom. The summed E-state index contributed by atoms with van der Waals surface area (Å²) >= 11 is 0. The number of hydrogen-bond acceptors (Lipinski definition) is 1. The standard InChI is InChI=1S/C9H8F2NO/c10-8-2-1-6(3-9(8)11)13-7-4-12-5-7/h1-3,7H,4-5H2. The average Bonchev–Trinajstić information content (AvgIpc) is 2.04. The predicted molar refractivity (Wildman–Crippen MR) is 42.6 cm³/mol. The zero-order valence-electron chi connectivity index (χ0n) is 6.84. The van der Waals surface area contributed by atoms with E-state index in [1.807, 2.05) is 0 Å². The molecule has 0 aromatic heterocycles. The third-order valence-electron chi connectivity index (χ3n) is 1.86. The molecule has 1 aliphatic heterocycles. The monoisotopic (exact) mass is 184 g/mol. The fraction of sp³-hybridized carbons (Fsp3) is 0.333. The van der Waals surface area contributed by atoms with Gasteiger partial charge in [-0.25, -0.2) is 14.1 Å². The van der Waals surface area contributed by atoms with Gasteiger partial charge in [-0.05, 0) is 12.1 Å². The Balaban J connectivity index is 2.07. The molecule has 1 radical (unpaired) electrons. The molecule has 2 rings (SSSR count). The van der Waals surface area contributed by atoms with E-state index in [0.29, 0.717) is 18.8 Å². The van der Waals surface area contributed by atoms with Gasteiger partial charge in [-0.15, -0.1) is 0 Å². The van der Waals surface area contributed by atoms with Gasteiger partial charge in [-0.3, -0.25) is 0 Å². The summed E-state index contributed by atoms with van der Waals surface area (Å²) in [6, 6.07) is 3.52. The van der Waals surface area contributed by atoms with Gasteiger partial charge in [-0.2, -0.15) is 0 Å². The summed E-state index contributed by atoms with van der Waals surface area (Å²) in [5.41, 5.74) is 0. The van der Waals surface area contributed by atoms with Crippen LogP contribution in [0.1, 0.15) is 0 Å². The molecule has 4 heteroatoms. The van der Waals surface area contributed by atoms with Gasteiger partial charge in [0.05, 0.1) is 13.1 Å². The average molecular weight is 184 g/mol. The van der Waals surface area contributed by atoms with Crippen LogP contribution in [0, 0.1) is 11.6 Å². The maximum atomic E-state index is 12.7. The van der Waals surface area contributed by atoms with Crippen molar-refractivity contribution in [1.82, 2.24) is 5.32 Å². The summed E-state index contributed by atoms with van der Waals surface area (Å²) in [4.78, 5) is 0. The van der Waals surface area contributed by atoms with E-state index in [1.54, 1.807) is 0 Å². The highest BCUT2D eigenvalue weighted by Crippen LogP contribution is 2.17. The molecule has 1 fully saturated rings. The Kier molecular flexibility index (Phi) is 2.14. The molecule has 0 N–H and O–H groups in total. The number of hydrogen-bond donors (Lipinski definition) is 0. The van der Waals surface area contributed by atoms with Gasteiger partial charge in [0.1, 0.15) is 11.9 Å². The van der Waals surface area contributed by atoms with Gasteiger partial charge in [0, 0.05) is 6.07 Å². The van der Waals surface area contributed by atoms with E-state index in [4.69, 9.17) is 4.74 Å². The van der Waals surface area contributed by atoms with Crippen molar-refractivity contribution in [2.75, 3.05) is 13.1 Å². The van der Waals surface area contributed by atoms with Gasteiger partial charge in [-0.1, -0.05) is 0 Å².